The van der Waals surface area contributed by atoms with Gasteiger partial charge in [-0.2, -0.15) is 5.26 Å². The lowest BCUT2D eigenvalue weighted by atomic mass is 9.80. The van der Waals surface area contributed by atoms with E-state index in [2.05, 4.69) is 11.1 Å². The number of aromatic hydroxyl groups is 2. The normalized spacial score (nSPS) is 26.2. The molecule has 6 nitrogen and oxygen atoms in total. The van der Waals surface area contributed by atoms with Crippen LogP contribution in [0.4, 0.5) is 0 Å². The summed E-state index contributed by atoms with van der Waals surface area (Å²) in [5.41, 5.74) is 0.940. The Hall–Kier alpha value is -3.04. The Labute approximate surface area is 149 Å². The third-order valence-electron chi connectivity index (χ3n) is 5.83. The molecule has 0 unspecified atom stereocenters. The van der Waals surface area contributed by atoms with Crippen LogP contribution in [0.2, 0.25) is 0 Å². The van der Waals surface area contributed by atoms with Gasteiger partial charge in [0.1, 0.15) is 11.8 Å². The molecule has 0 aliphatic carbocycles. The molecule has 0 spiro atoms. The Kier molecular flexibility index (Phi) is 2.68. The summed E-state index contributed by atoms with van der Waals surface area (Å²) in [6, 6.07) is 9.44. The van der Waals surface area contributed by atoms with E-state index in [1.54, 1.807) is 0 Å². The van der Waals surface area contributed by atoms with Crippen LogP contribution in [0.15, 0.2) is 30.5 Å². The van der Waals surface area contributed by atoms with E-state index in [1.807, 2.05) is 38.1 Å². The van der Waals surface area contributed by atoms with Crippen LogP contribution in [-0.4, -0.2) is 19.8 Å². The van der Waals surface area contributed by atoms with E-state index >= 15 is 0 Å². The van der Waals surface area contributed by atoms with Gasteiger partial charge >= 0.3 is 0 Å². The van der Waals surface area contributed by atoms with Gasteiger partial charge in [-0.3, -0.25) is 0 Å². The van der Waals surface area contributed by atoms with Gasteiger partial charge in [-0.1, -0.05) is 24.3 Å². The maximum Gasteiger partial charge on any atom is 0.205 e. The lowest BCUT2D eigenvalue weighted by molar-refractivity contribution is -0.0683. The molecule has 6 heteroatoms. The highest BCUT2D eigenvalue weighted by molar-refractivity contribution is 5.93. The summed E-state index contributed by atoms with van der Waals surface area (Å²) in [6.07, 6.45) is 3.10. The summed E-state index contributed by atoms with van der Waals surface area (Å²) in [4.78, 5) is 4.22. The van der Waals surface area contributed by atoms with E-state index in [0.717, 1.165) is 18.2 Å². The van der Waals surface area contributed by atoms with Gasteiger partial charge in [-0.25, -0.2) is 9.55 Å². The summed E-state index contributed by atoms with van der Waals surface area (Å²) in [6.45, 7) is 3.89. The summed E-state index contributed by atoms with van der Waals surface area (Å²) < 4.78 is 7.56. The molecule has 130 valence electrons. The first-order valence-corrected chi connectivity index (χ1v) is 8.55. The Morgan fingerprint density at radius 2 is 1.65 bits per heavy atom. The minimum Gasteiger partial charge on any atom is -0.494 e. The van der Waals surface area contributed by atoms with Gasteiger partial charge in [0.2, 0.25) is 11.8 Å². The van der Waals surface area contributed by atoms with Crippen molar-refractivity contribution in [2.75, 3.05) is 0 Å². The van der Waals surface area contributed by atoms with E-state index in [1.165, 1.54) is 10.8 Å². The molecule has 1 aromatic carbocycles. The van der Waals surface area contributed by atoms with Crippen molar-refractivity contribution >= 4 is 10.8 Å². The molecule has 2 bridgehead atoms. The zero-order valence-electron chi connectivity index (χ0n) is 14.4. The fourth-order valence-electron chi connectivity index (χ4n) is 4.65. The number of hydrogen-bond acceptors (Lipinski definition) is 5. The number of nitriles is 1. The molecular weight excluding hydrogens is 330 g/mol. The molecule has 0 saturated carbocycles. The van der Waals surface area contributed by atoms with Gasteiger partial charge in [0.25, 0.3) is 0 Å². The summed E-state index contributed by atoms with van der Waals surface area (Å²) in [7, 11) is 0. The molecule has 26 heavy (non-hydrogen) atoms. The van der Waals surface area contributed by atoms with Crippen LogP contribution in [0, 0.1) is 11.3 Å². The van der Waals surface area contributed by atoms with Crippen LogP contribution in [0.1, 0.15) is 43.5 Å². The van der Waals surface area contributed by atoms with Crippen molar-refractivity contribution in [1.82, 2.24) is 9.55 Å². The molecule has 3 aromatic rings. The number of benzene rings is 1. The van der Waals surface area contributed by atoms with Crippen LogP contribution in [0.5, 0.6) is 11.8 Å². The van der Waals surface area contributed by atoms with Crippen molar-refractivity contribution in [2.45, 2.75) is 37.9 Å². The van der Waals surface area contributed by atoms with Crippen molar-refractivity contribution in [3.8, 4) is 23.5 Å². The molecule has 2 aliphatic rings. The lowest BCUT2D eigenvalue weighted by Gasteiger charge is -2.21. The van der Waals surface area contributed by atoms with Gasteiger partial charge in [-0.05, 0) is 26.7 Å². The van der Waals surface area contributed by atoms with Crippen LogP contribution in [-0.2, 0) is 15.9 Å². The molecule has 2 aromatic heterocycles. The SMILES string of the molecule is C[C@]12CC[C@](C)(O1)c1c2c(O)n(-c2cnc(C#N)c3ccccc23)c1O. The third-order valence-corrected chi connectivity index (χ3v) is 5.83. The number of fused-ring (bicyclic) bond motifs is 6. The third kappa shape index (κ3) is 1.61. The largest absolute Gasteiger partial charge is 0.494 e. The van der Waals surface area contributed by atoms with E-state index in [9.17, 15) is 15.5 Å². The quantitative estimate of drug-likeness (QED) is 0.702. The van der Waals surface area contributed by atoms with Crippen LogP contribution < -0.4 is 0 Å². The number of ether oxygens (including phenoxy) is 1. The first-order valence-electron chi connectivity index (χ1n) is 8.55. The van der Waals surface area contributed by atoms with E-state index in [-0.39, 0.29) is 11.8 Å². The Morgan fingerprint density at radius 1 is 1.08 bits per heavy atom. The van der Waals surface area contributed by atoms with Crippen molar-refractivity contribution in [3.63, 3.8) is 0 Å². The molecule has 1 fully saturated rings. The highest BCUT2D eigenvalue weighted by atomic mass is 16.5. The predicted octanol–water partition coefficient (Wildman–Crippen LogP) is 3.56. The molecule has 2 aliphatic heterocycles. The highest BCUT2D eigenvalue weighted by Gasteiger charge is 2.59. The predicted molar refractivity (Wildman–Crippen MR) is 94.1 cm³/mol. The van der Waals surface area contributed by atoms with Gasteiger partial charge in [-0.15, -0.1) is 0 Å². The van der Waals surface area contributed by atoms with Gasteiger partial charge < -0.3 is 14.9 Å². The second kappa shape index (κ2) is 4.57. The fourth-order valence-corrected chi connectivity index (χ4v) is 4.65. The first kappa shape index (κ1) is 15.2. The number of aromatic nitrogens is 2. The second-order valence-electron chi connectivity index (χ2n) is 7.45. The van der Waals surface area contributed by atoms with Gasteiger partial charge in [0.15, 0.2) is 0 Å². The zero-order chi connectivity index (χ0) is 18.3. The number of nitrogens with zero attached hydrogens (tertiary/aromatic N) is 3. The van der Waals surface area contributed by atoms with Crippen molar-refractivity contribution < 1.29 is 14.9 Å². The Morgan fingerprint density at radius 3 is 2.23 bits per heavy atom. The summed E-state index contributed by atoms with van der Waals surface area (Å²) in [5, 5.41) is 32.7. The number of pyridine rings is 1. The summed E-state index contributed by atoms with van der Waals surface area (Å²) >= 11 is 0. The monoisotopic (exact) mass is 347 g/mol. The molecule has 2 N–H and O–H groups in total. The van der Waals surface area contributed by atoms with Crippen LogP contribution >= 0.6 is 0 Å². The molecule has 1 saturated heterocycles. The molecule has 4 heterocycles. The van der Waals surface area contributed by atoms with E-state index in [4.69, 9.17) is 4.74 Å². The average molecular weight is 347 g/mol. The average Bonchev–Trinajstić information content (AvgIpc) is 3.18. The van der Waals surface area contributed by atoms with Crippen molar-refractivity contribution in [2.24, 2.45) is 0 Å². The fraction of sp³-hybridized carbons (Fsp3) is 0.300. The minimum absolute atomic E-state index is 0.0277. The number of hydrogen-bond donors (Lipinski definition) is 2. The minimum atomic E-state index is -0.604. The summed E-state index contributed by atoms with van der Waals surface area (Å²) in [5.74, 6) is -0.0554. The molecule has 5 rings (SSSR count). The van der Waals surface area contributed by atoms with Gasteiger partial charge in [0, 0.05) is 10.8 Å². The standard InChI is InChI=1S/C20H17N3O3/c1-19-7-8-20(2,26-19)16-15(19)17(24)23(18(16)25)14-10-22-13(9-21)11-5-3-4-6-12(11)14/h3-6,10,24-25H,7-8H2,1-2H3/t19-,20+. The molecule has 0 radical (unpaired) electrons. The Bertz CT molecular complexity index is 1100. The molecule has 2 atom stereocenters. The second-order valence-corrected chi connectivity index (χ2v) is 7.45. The van der Waals surface area contributed by atoms with Crippen LogP contribution in [0.3, 0.4) is 0 Å². The maximum atomic E-state index is 11.0. The molecular formula is C20H17N3O3. The van der Waals surface area contributed by atoms with Crippen LogP contribution in [0.25, 0.3) is 16.5 Å². The Balaban J connectivity index is 1.86. The van der Waals surface area contributed by atoms with Crippen molar-refractivity contribution in [1.29, 1.82) is 5.26 Å². The van der Waals surface area contributed by atoms with E-state index in [0.29, 0.717) is 27.9 Å². The first-order chi connectivity index (χ1) is 12.4. The zero-order valence-corrected chi connectivity index (χ0v) is 14.4. The highest BCUT2D eigenvalue weighted by Crippen LogP contribution is 2.64. The smallest absolute Gasteiger partial charge is 0.205 e. The lowest BCUT2D eigenvalue weighted by Crippen LogP contribution is -2.17. The van der Waals surface area contributed by atoms with Crippen molar-refractivity contribution in [3.05, 3.63) is 47.3 Å². The topological polar surface area (TPSA) is 91.3 Å². The maximum absolute atomic E-state index is 11.0. The molecule has 0 amide bonds. The number of rotatable bonds is 1. The van der Waals surface area contributed by atoms with E-state index < -0.39 is 11.2 Å². The van der Waals surface area contributed by atoms with Gasteiger partial charge in [0.05, 0.1) is 34.2 Å².